The summed E-state index contributed by atoms with van der Waals surface area (Å²) in [6.07, 6.45) is 0. The van der Waals surface area contributed by atoms with E-state index in [4.69, 9.17) is 10.8 Å². The normalized spacial score (nSPS) is 15.1. The molecule has 3 N–H and O–H groups in total. The van der Waals surface area contributed by atoms with Gasteiger partial charge in [0.25, 0.3) is 0 Å². The third-order valence-electron chi connectivity index (χ3n) is 2.60. The van der Waals surface area contributed by atoms with Crippen LogP contribution in [0.25, 0.3) is 0 Å². The van der Waals surface area contributed by atoms with Gasteiger partial charge in [-0.05, 0) is 11.5 Å². The molecule has 0 saturated carbocycles. The van der Waals surface area contributed by atoms with Crippen LogP contribution in [0.15, 0.2) is 30.3 Å². The Morgan fingerprint density at radius 3 is 2.38 bits per heavy atom. The highest BCUT2D eigenvalue weighted by molar-refractivity contribution is 7.99. The Labute approximate surface area is 102 Å². The Hall–Kier alpha value is -0.510. The minimum atomic E-state index is 0.0396. The van der Waals surface area contributed by atoms with Crippen molar-refractivity contribution in [2.24, 2.45) is 11.7 Å². The monoisotopic (exact) mass is 239 g/mol. The van der Waals surface area contributed by atoms with Crippen LogP contribution in [0.1, 0.15) is 25.5 Å². The van der Waals surface area contributed by atoms with Crippen molar-refractivity contribution in [2.45, 2.75) is 25.1 Å². The molecule has 0 bridgehead atoms. The van der Waals surface area contributed by atoms with Crippen LogP contribution in [0.3, 0.4) is 0 Å². The molecule has 2 unspecified atom stereocenters. The summed E-state index contributed by atoms with van der Waals surface area (Å²) in [5.74, 6) is 1.26. The first-order chi connectivity index (χ1) is 7.66. The van der Waals surface area contributed by atoms with Crippen molar-refractivity contribution >= 4 is 11.8 Å². The SMILES string of the molecule is CC(C)C(SCCO)C(N)c1ccccc1. The van der Waals surface area contributed by atoms with Crippen molar-refractivity contribution < 1.29 is 5.11 Å². The van der Waals surface area contributed by atoms with Crippen LogP contribution in [-0.4, -0.2) is 22.7 Å². The van der Waals surface area contributed by atoms with Crippen LogP contribution in [0.2, 0.25) is 0 Å². The zero-order valence-corrected chi connectivity index (χ0v) is 10.8. The summed E-state index contributed by atoms with van der Waals surface area (Å²) in [6, 6.07) is 10.2. The van der Waals surface area contributed by atoms with E-state index in [2.05, 4.69) is 26.0 Å². The van der Waals surface area contributed by atoms with Crippen molar-refractivity contribution in [2.75, 3.05) is 12.4 Å². The van der Waals surface area contributed by atoms with Gasteiger partial charge in [0.1, 0.15) is 0 Å². The number of hydrogen-bond donors (Lipinski definition) is 2. The van der Waals surface area contributed by atoms with Gasteiger partial charge in [0.2, 0.25) is 0 Å². The summed E-state index contributed by atoms with van der Waals surface area (Å²) in [5.41, 5.74) is 7.45. The number of hydrogen-bond acceptors (Lipinski definition) is 3. The van der Waals surface area contributed by atoms with Crippen molar-refractivity contribution in [1.29, 1.82) is 0 Å². The van der Waals surface area contributed by atoms with E-state index in [9.17, 15) is 0 Å². The summed E-state index contributed by atoms with van der Waals surface area (Å²) in [7, 11) is 0. The molecule has 0 aliphatic carbocycles. The van der Waals surface area contributed by atoms with Gasteiger partial charge in [-0.3, -0.25) is 0 Å². The van der Waals surface area contributed by atoms with Crippen molar-refractivity contribution in [3.8, 4) is 0 Å². The second-order valence-corrected chi connectivity index (χ2v) is 5.53. The quantitative estimate of drug-likeness (QED) is 0.801. The molecule has 0 amide bonds. The summed E-state index contributed by atoms with van der Waals surface area (Å²) >= 11 is 1.76. The van der Waals surface area contributed by atoms with Crippen molar-refractivity contribution in [1.82, 2.24) is 0 Å². The van der Waals surface area contributed by atoms with Gasteiger partial charge >= 0.3 is 0 Å². The number of rotatable bonds is 6. The number of nitrogens with two attached hydrogens (primary N) is 1. The minimum Gasteiger partial charge on any atom is -0.396 e. The topological polar surface area (TPSA) is 46.2 Å². The fourth-order valence-electron chi connectivity index (χ4n) is 1.76. The summed E-state index contributed by atoms with van der Waals surface area (Å²) in [6.45, 7) is 4.57. The molecular weight excluding hydrogens is 218 g/mol. The molecule has 1 aromatic carbocycles. The largest absolute Gasteiger partial charge is 0.396 e. The fraction of sp³-hybridized carbons (Fsp3) is 0.538. The number of aliphatic hydroxyl groups excluding tert-OH is 1. The maximum atomic E-state index is 8.89. The number of benzene rings is 1. The highest BCUT2D eigenvalue weighted by Crippen LogP contribution is 2.30. The van der Waals surface area contributed by atoms with Crippen molar-refractivity contribution in [3.63, 3.8) is 0 Å². The Balaban J connectivity index is 2.71. The molecule has 2 nitrogen and oxygen atoms in total. The third kappa shape index (κ3) is 3.81. The molecule has 2 atom stereocenters. The second-order valence-electron chi connectivity index (χ2n) is 4.24. The van der Waals surface area contributed by atoms with E-state index in [1.807, 2.05) is 18.2 Å². The molecule has 0 aromatic heterocycles. The lowest BCUT2D eigenvalue weighted by molar-refractivity contribution is 0.322. The Morgan fingerprint density at radius 1 is 1.25 bits per heavy atom. The molecule has 0 radical (unpaired) electrons. The molecule has 0 spiro atoms. The van der Waals surface area contributed by atoms with Gasteiger partial charge in [-0.1, -0.05) is 44.2 Å². The summed E-state index contributed by atoms with van der Waals surface area (Å²) in [5, 5.41) is 9.24. The van der Waals surface area contributed by atoms with E-state index in [0.29, 0.717) is 11.2 Å². The van der Waals surface area contributed by atoms with E-state index in [-0.39, 0.29) is 12.6 Å². The van der Waals surface area contributed by atoms with Crippen LogP contribution in [-0.2, 0) is 0 Å². The lowest BCUT2D eigenvalue weighted by Crippen LogP contribution is -2.28. The van der Waals surface area contributed by atoms with Gasteiger partial charge in [-0.2, -0.15) is 11.8 Å². The van der Waals surface area contributed by atoms with Crippen LogP contribution in [0, 0.1) is 5.92 Å². The third-order valence-corrected chi connectivity index (χ3v) is 4.24. The van der Waals surface area contributed by atoms with Gasteiger partial charge in [-0.25, -0.2) is 0 Å². The maximum Gasteiger partial charge on any atom is 0.0521 e. The fourth-order valence-corrected chi connectivity index (χ4v) is 2.89. The van der Waals surface area contributed by atoms with E-state index in [0.717, 1.165) is 5.75 Å². The predicted octanol–water partition coefficient (Wildman–Crippen LogP) is 2.44. The van der Waals surface area contributed by atoms with Gasteiger partial charge in [-0.15, -0.1) is 0 Å². The van der Waals surface area contributed by atoms with Gasteiger partial charge in [0.15, 0.2) is 0 Å². The molecule has 16 heavy (non-hydrogen) atoms. The molecular formula is C13H21NOS. The highest BCUT2D eigenvalue weighted by Gasteiger charge is 2.22. The molecule has 0 saturated heterocycles. The number of thioether (sulfide) groups is 1. The van der Waals surface area contributed by atoms with Gasteiger partial charge < -0.3 is 10.8 Å². The van der Waals surface area contributed by atoms with E-state index in [1.54, 1.807) is 11.8 Å². The number of aliphatic hydroxyl groups is 1. The van der Waals surface area contributed by atoms with Gasteiger partial charge in [0.05, 0.1) is 6.61 Å². The first kappa shape index (κ1) is 13.6. The van der Waals surface area contributed by atoms with Crippen LogP contribution >= 0.6 is 11.8 Å². The smallest absolute Gasteiger partial charge is 0.0521 e. The van der Waals surface area contributed by atoms with Crippen molar-refractivity contribution in [3.05, 3.63) is 35.9 Å². The zero-order chi connectivity index (χ0) is 12.0. The predicted molar refractivity (Wildman–Crippen MR) is 71.5 cm³/mol. The summed E-state index contributed by atoms with van der Waals surface area (Å²) in [4.78, 5) is 0. The highest BCUT2D eigenvalue weighted by atomic mass is 32.2. The minimum absolute atomic E-state index is 0.0396. The lowest BCUT2D eigenvalue weighted by Gasteiger charge is -2.27. The average molecular weight is 239 g/mol. The molecule has 1 aromatic rings. The van der Waals surface area contributed by atoms with Gasteiger partial charge in [0, 0.05) is 17.0 Å². The van der Waals surface area contributed by atoms with Crippen LogP contribution in [0.4, 0.5) is 0 Å². The Morgan fingerprint density at radius 2 is 1.88 bits per heavy atom. The molecule has 0 aliphatic heterocycles. The molecule has 0 aliphatic rings. The molecule has 1 rings (SSSR count). The molecule has 90 valence electrons. The van der Waals surface area contributed by atoms with E-state index < -0.39 is 0 Å². The van der Waals surface area contributed by atoms with Crippen LogP contribution in [0.5, 0.6) is 0 Å². The maximum absolute atomic E-state index is 8.89. The molecule has 0 fully saturated rings. The lowest BCUT2D eigenvalue weighted by atomic mass is 9.97. The van der Waals surface area contributed by atoms with Crippen LogP contribution < -0.4 is 5.73 Å². The van der Waals surface area contributed by atoms with E-state index in [1.165, 1.54) is 5.56 Å². The molecule has 0 heterocycles. The van der Waals surface area contributed by atoms with E-state index >= 15 is 0 Å². The summed E-state index contributed by atoms with van der Waals surface area (Å²) < 4.78 is 0. The average Bonchev–Trinajstić information content (AvgIpc) is 2.30. The first-order valence-electron chi connectivity index (χ1n) is 5.69. The Bertz CT molecular complexity index is 289. The first-order valence-corrected chi connectivity index (χ1v) is 6.74. The second kappa shape index (κ2) is 6.94. The molecule has 3 heteroatoms. The standard InChI is InChI=1S/C13H21NOS/c1-10(2)13(16-9-8-15)12(14)11-6-4-3-5-7-11/h3-7,10,12-13,15H,8-9,14H2,1-2H3. The zero-order valence-electron chi connectivity index (χ0n) is 9.97. The Kier molecular flexibility index (Phi) is 5.88.